The third-order valence-electron chi connectivity index (χ3n) is 5.20. The number of carboxylic acids is 1. The van der Waals surface area contributed by atoms with Crippen molar-refractivity contribution >= 4 is 11.5 Å². The van der Waals surface area contributed by atoms with Crippen LogP contribution in [-0.4, -0.2) is 16.1 Å². The Kier molecular flexibility index (Phi) is 4.57. The van der Waals surface area contributed by atoms with Crippen LogP contribution in [-0.2, 0) is 16.4 Å². The van der Waals surface area contributed by atoms with Crippen molar-refractivity contribution in [2.75, 3.05) is 0 Å². The molecule has 1 aromatic carbocycles. The lowest BCUT2D eigenvalue weighted by Crippen LogP contribution is -2.38. The number of carboxylic acid groups (broad SMARTS) is 1. The molecule has 2 unspecified atom stereocenters. The molecule has 0 bridgehead atoms. The maximum Gasteiger partial charge on any atom is 0.433 e. The lowest BCUT2D eigenvalue weighted by atomic mass is 9.72. The van der Waals surface area contributed by atoms with Crippen LogP contribution in [0.1, 0.15) is 35.7 Å². The van der Waals surface area contributed by atoms with Crippen molar-refractivity contribution < 1.29 is 27.5 Å². The van der Waals surface area contributed by atoms with Gasteiger partial charge >= 0.3 is 12.1 Å². The van der Waals surface area contributed by atoms with E-state index in [1.165, 1.54) is 31.2 Å². The van der Waals surface area contributed by atoms with Crippen LogP contribution in [0.4, 0.5) is 17.6 Å². The summed E-state index contributed by atoms with van der Waals surface area (Å²) in [5.74, 6) is -2.04. The molecule has 0 saturated heterocycles. The molecular weight excluding hydrogens is 362 g/mol. The van der Waals surface area contributed by atoms with E-state index in [0.717, 1.165) is 12.3 Å². The number of alkyl halides is 3. The van der Waals surface area contributed by atoms with Gasteiger partial charge in [0, 0.05) is 6.20 Å². The van der Waals surface area contributed by atoms with Crippen LogP contribution in [0.15, 0.2) is 42.6 Å². The van der Waals surface area contributed by atoms with E-state index in [9.17, 15) is 27.5 Å². The van der Waals surface area contributed by atoms with Gasteiger partial charge in [-0.05, 0) is 53.7 Å². The number of nitrogens with zero attached hydrogens (tertiary/aromatic N) is 1. The summed E-state index contributed by atoms with van der Waals surface area (Å²) in [5, 5.41) is 9.99. The molecule has 2 aromatic rings. The number of carbonyl (C=O) groups is 1. The minimum atomic E-state index is -4.54. The Morgan fingerprint density at radius 2 is 1.96 bits per heavy atom. The second kappa shape index (κ2) is 6.48. The second-order valence-electron chi connectivity index (χ2n) is 6.79. The van der Waals surface area contributed by atoms with Crippen LogP contribution in [0.5, 0.6) is 0 Å². The van der Waals surface area contributed by atoms with Crippen LogP contribution in [0.2, 0.25) is 0 Å². The van der Waals surface area contributed by atoms with Crippen molar-refractivity contribution in [3.05, 3.63) is 70.8 Å². The number of aliphatic carboxylic acids is 1. The van der Waals surface area contributed by atoms with Gasteiger partial charge in [-0.25, -0.2) is 4.39 Å². The fourth-order valence-corrected chi connectivity index (χ4v) is 3.71. The lowest BCUT2D eigenvalue weighted by Gasteiger charge is -2.30. The maximum atomic E-state index is 14.0. The molecule has 0 aliphatic heterocycles. The predicted molar refractivity (Wildman–Crippen MR) is 91.4 cm³/mol. The Hall–Kier alpha value is -2.70. The van der Waals surface area contributed by atoms with Crippen LogP contribution in [0.3, 0.4) is 0 Å². The third kappa shape index (κ3) is 3.11. The van der Waals surface area contributed by atoms with Gasteiger partial charge in [0.15, 0.2) is 0 Å². The summed E-state index contributed by atoms with van der Waals surface area (Å²) < 4.78 is 52.1. The smallest absolute Gasteiger partial charge is 0.433 e. The van der Waals surface area contributed by atoms with E-state index in [0.29, 0.717) is 23.1 Å². The average Bonchev–Trinajstić information content (AvgIpc) is 2.95. The molecule has 0 fully saturated rings. The Morgan fingerprint density at radius 1 is 1.26 bits per heavy atom. The van der Waals surface area contributed by atoms with Crippen molar-refractivity contribution in [3.63, 3.8) is 0 Å². The van der Waals surface area contributed by atoms with Crippen LogP contribution < -0.4 is 0 Å². The number of benzene rings is 1. The number of halogens is 4. The quantitative estimate of drug-likeness (QED) is 0.764. The molecule has 1 aliphatic rings. The van der Waals surface area contributed by atoms with Gasteiger partial charge in [0.2, 0.25) is 0 Å². The van der Waals surface area contributed by atoms with Crippen LogP contribution in [0, 0.1) is 18.7 Å². The fraction of sp³-hybridized carbons (Fsp3) is 0.300. The summed E-state index contributed by atoms with van der Waals surface area (Å²) in [7, 11) is 0. The van der Waals surface area contributed by atoms with Gasteiger partial charge in [0.25, 0.3) is 0 Å². The molecule has 7 heteroatoms. The van der Waals surface area contributed by atoms with E-state index in [1.807, 2.05) is 0 Å². The fourth-order valence-electron chi connectivity index (χ4n) is 3.71. The normalized spacial score (nSPS) is 22.6. The standard InChI is InChI=1S/C20H17F4NO2/c1-11-8-14(13-6-7-17(25-10-13)20(22,23)24)9-19(11,18(26)27)15-4-3-5-16(21)12(15)2/h3-7,9-11H,8H2,1-2H3,(H,26,27). The molecule has 0 radical (unpaired) electrons. The van der Waals surface area contributed by atoms with Gasteiger partial charge in [-0.15, -0.1) is 0 Å². The van der Waals surface area contributed by atoms with Gasteiger partial charge < -0.3 is 5.11 Å². The van der Waals surface area contributed by atoms with E-state index in [2.05, 4.69) is 4.98 Å². The Labute approximate surface area is 153 Å². The van der Waals surface area contributed by atoms with Gasteiger partial charge in [0.1, 0.15) is 16.9 Å². The highest BCUT2D eigenvalue weighted by Gasteiger charge is 2.49. The first-order valence-corrected chi connectivity index (χ1v) is 8.31. The number of hydrogen-bond donors (Lipinski definition) is 1. The van der Waals surface area contributed by atoms with E-state index in [-0.39, 0.29) is 5.56 Å². The molecule has 2 atom stereocenters. The van der Waals surface area contributed by atoms with E-state index in [4.69, 9.17) is 0 Å². The third-order valence-corrected chi connectivity index (χ3v) is 5.20. The number of allylic oxidation sites excluding steroid dienone is 1. The molecule has 3 nitrogen and oxygen atoms in total. The number of rotatable bonds is 3. The molecular formula is C20H17F4NO2. The number of aromatic nitrogens is 1. The van der Waals surface area contributed by atoms with Gasteiger partial charge in [0.05, 0.1) is 0 Å². The van der Waals surface area contributed by atoms with Crippen molar-refractivity contribution in [2.45, 2.75) is 31.9 Å². The molecule has 0 saturated carbocycles. The minimum Gasteiger partial charge on any atom is -0.480 e. The molecule has 0 spiro atoms. The molecule has 1 aromatic heterocycles. The summed E-state index contributed by atoms with van der Waals surface area (Å²) in [6, 6.07) is 6.45. The van der Waals surface area contributed by atoms with Gasteiger partial charge in [-0.3, -0.25) is 9.78 Å². The van der Waals surface area contributed by atoms with E-state index < -0.39 is 35.0 Å². The SMILES string of the molecule is Cc1c(F)cccc1C1(C(=O)O)C=C(c2ccc(C(F)(F)F)nc2)CC1C. The van der Waals surface area contributed by atoms with Crippen molar-refractivity contribution in [2.24, 2.45) is 5.92 Å². The summed E-state index contributed by atoms with van der Waals surface area (Å²) in [6.45, 7) is 3.26. The Bertz CT molecular complexity index is 919. The van der Waals surface area contributed by atoms with Gasteiger partial charge in [-0.2, -0.15) is 13.2 Å². The Morgan fingerprint density at radius 3 is 2.52 bits per heavy atom. The zero-order valence-corrected chi connectivity index (χ0v) is 14.6. The molecule has 27 heavy (non-hydrogen) atoms. The highest BCUT2D eigenvalue weighted by molar-refractivity contribution is 5.90. The Balaban J connectivity index is 2.11. The molecule has 1 N–H and O–H groups in total. The molecule has 1 heterocycles. The van der Waals surface area contributed by atoms with Crippen molar-refractivity contribution in [1.29, 1.82) is 0 Å². The predicted octanol–water partition coefficient (Wildman–Crippen LogP) is 4.99. The highest BCUT2D eigenvalue weighted by atomic mass is 19.4. The summed E-state index contributed by atoms with van der Waals surface area (Å²) in [5.41, 5.74) is -0.873. The molecule has 0 amide bonds. The van der Waals surface area contributed by atoms with Crippen molar-refractivity contribution in [1.82, 2.24) is 4.98 Å². The first-order valence-electron chi connectivity index (χ1n) is 8.31. The topological polar surface area (TPSA) is 50.2 Å². The monoisotopic (exact) mass is 379 g/mol. The lowest BCUT2D eigenvalue weighted by molar-refractivity contribution is -0.143. The van der Waals surface area contributed by atoms with Gasteiger partial charge in [-0.1, -0.05) is 31.2 Å². The first kappa shape index (κ1) is 19.1. The second-order valence-corrected chi connectivity index (χ2v) is 6.79. The number of pyridine rings is 1. The zero-order valence-electron chi connectivity index (χ0n) is 14.6. The number of hydrogen-bond acceptors (Lipinski definition) is 2. The summed E-state index contributed by atoms with van der Waals surface area (Å²) in [6.07, 6.45) is -1.60. The average molecular weight is 379 g/mol. The maximum absolute atomic E-state index is 14.0. The molecule has 1 aliphatic carbocycles. The highest BCUT2D eigenvalue weighted by Crippen LogP contribution is 2.48. The van der Waals surface area contributed by atoms with E-state index in [1.54, 1.807) is 13.0 Å². The molecule has 142 valence electrons. The largest absolute Gasteiger partial charge is 0.480 e. The van der Waals surface area contributed by atoms with Crippen molar-refractivity contribution in [3.8, 4) is 0 Å². The minimum absolute atomic E-state index is 0.245. The zero-order chi connectivity index (χ0) is 20.0. The van der Waals surface area contributed by atoms with Crippen LogP contribution >= 0.6 is 0 Å². The molecule has 3 rings (SSSR count). The summed E-state index contributed by atoms with van der Waals surface area (Å²) >= 11 is 0. The first-order chi connectivity index (χ1) is 12.6. The van der Waals surface area contributed by atoms with E-state index >= 15 is 0 Å². The summed E-state index contributed by atoms with van der Waals surface area (Å²) in [4.78, 5) is 15.7. The van der Waals surface area contributed by atoms with Crippen LogP contribution in [0.25, 0.3) is 5.57 Å².